The van der Waals surface area contributed by atoms with Crippen molar-refractivity contribution in [1.29, 1.82) is 0 Å². The molecule has 0 radical (unpaired) electrons. The number of carboxylic acids is 1. The SMILES string of the molecule is COCc1nc(CCN2CCCC(C)C2)sc1C(=O)O. The highest BCUT2D eigenvalue weighted by atomic mass is 32.1. The van der Waals surface area contributed by atoms with Crippen LogP contribution in [0, 0.1) is 5.92 Å². The number of carboxylic acid groups (broad SMARTS) is 1. The Labute approximate surface area is 123 Å². The fourth-order valence-corrected chi connectivity index (χ4v) is 3.55. The van der Waals surface area contributed by atoms with Gasteiger partial charge in [-0.3, -0.25) is 0 Å². The van der Waals surface area contributed by atoms with Gasteiger partial charge in [-0.15, -0.1) is 11.3 Å². The number of hydrogen-bond acceptors (Lipinski definition) is 5. The van der Waals surface area contributed by atoms with Crippen LogP contribution in [0.15, 0.2) is 0 Å². The van der Waals surface area contributed by atoms with Gasteiger partial charge in [0.25, 0.3) is 0 Å². The minimum Gasteiger partial charge on any atom is -0.477 e. The van der Waals surface area contributed by atoms with Gasteiger partial charge in [0.1, 0.15) is 4.88 Å². The number of piperidine rings is 1. The zero-order chi connectivity index (χ0) is 14.5. The maximum Gasteiger partial charge on any atom is 0.347 e. The van der Waals surface area contributed by atoms with Crippen molar-refractivity contribution in [2.24, 2.45) is 5.92 Å². The minimum atomic E-state index is -0.910. The molecule has 112 valence electrons. The minimum absolute atomic E-state index is 0.263. The Morgan fingerprint density at radius 3 is 3.05 bits per heavy atom. The molecule has 0 amide bonds. The van der Waals surface area contributed by atoms with Crippen LogP contribution in [-0.4, -0.2) is 47.7 Å². The molecule has 1 aromatic rings. The molecule has 1 atom stereocenters. The topological polar surface area (TPSA) is 62.7 Å². The number of likely N-dealkylation sites (tertiary alicyclic amines) is 1. The van der Waals surface area contributed by atoms with Crippen LogP contribution in [0.25, 0.3) is 0 Å². The Kier molecular flexibility index (Phi) is 5.51. The van der Waals surface area contributed by atoms with Gasteiger partial charge in [-0.25, -0.2) is 9.78 Å². The molecule has 20 heavy (non-hydrogen) atoms. The van der Waals surface area contributed by atoms with Crippen molar-refractivity contribution >= 4 is 17.3 Å². The van der Waals surface area contributed by atoms with E-state index in [1.54, 1.807) is 7.11 Å². The van der Waals surface area contributed by atoms with Gasteiger partial charge < -0.3 is 14.7 Å². The largest absolute Gasteiger partial charge is 0.477 e. The second kappa shape index (κ2) is 7.15. The lowest BCUT2D eigenvalue weighted by atomic mass is 10.0. The van der Waals surface area contributed by atoms with Crippen LogP contribution in [0.4, 0.5) is 0 Å². The molecule has 1 saturated heterocycles. The maximum atomic E-state index is 11.2. The molecule has 0 aromatic carbocycles. The van der Waals surface area contributed by atoms with Crippen molar-refractivity contribution in [2.75, 3.05) is 26.7 Å². The molecule has 1 aliphatic heterocycles. The molecule has 6 heteroatoms. The number of aromatic nitrogens is 1. The predicted molar refractivity (Wildman–Crippen MR) is 78.3 cm³/mol. The number of ether oxygens (including phenoxy) is 1. The first-order valence-corrected chi connectivity index (χ1v) is 7.85. The molecule has 1 aromatic heterocycles. The molecule has 1 aliphatic rings. The van der Waals surface area contributed by atoms with E-state index in [0.717, 1.165) is 37.0 Å². The Bertz CT molecular complexity index is 461. The number of nitrogens with zero attached hydrogens (tertiary/aromatic N) is 2. The van der Waals surface area contributed by atoms with Crippen molar-refractivity contribution in [3.05, 3.63) is 15.6 Å². The molecule has 0 spiro atoms. The molecule has 5 nitrogen and oxygen atoms in total. The first-order valence-electron chi connectivity index (χ1n) is 7.03. The van der Waals surface area contributed by atoms with Crippen LogP contribution in [0.5, 0.6) is 0 Å². The van der Waals surface area contributed by atoms with Crippen molar-refractivity contribution in [1.82, 2.24) is 9.88 Å². The summed E-state index contributed by atoms with van der Waals surface area (Å²) in [7, 11) is 1.56. The van der Waals surface area contributed by atoms with Gasteiger partial charge >= 0.3 is 5.97 Å². The predicted octanol–water partition coefficient (Wildman–Crippen LogP) is 2.26. The van der Waals surface area contributed by atoms with E-state index in [0.29, 0.717) is 10.6 Å². The summed E-state index contributed by atoms with van der Waals surface area (Å²) in [5.74, 6) is -0.147. The number of aromatic carboxylic acids is 1. The average Bonchev–Trinajstić information content (AvgIpc) is 2.80. The third-order valence-electron chi connectivity index (χ3n) is 3.60. The monoisotopic (exact) mass is 298 g/mol. The summed E-state index contributed by atoms with van der Waals surface area (Å²) in [5, 5.41) is 10.1. The summed E-state index contributed by atoms with van der Waals surface area (Å²) in [6, 6.07) is 0. The van der Waals surface area contributed by atoms with Gasteiger partial charge in [-0.1, -0.05) is 6.92 Å². The average molecular weight is 298 g/mol. The first-order chi connectivity index (χ1) is 9.60. The van der Waals surface area contributed by atoms with E-state index in [2.05, 4.69) is 16.8 Å². The molecule has 0 aliphatic carbocycles. The highest BCUT2D eigenvalue weighted by Gasteiger charge is 2.19. The standard InChI is InChI=1S/C14H22N2O3S/c1-10-4-3-6-16(8-10)7-5-12-15-11(9-19-2)13(20-12)14(17)18/h10H,3-9H2,1-2H3,(H,17,18). The Morgan fingerprint density at radius 1 is 1.60 bits per heavy atom. The van der Waals surface area contributed by atoms with E-state index in [1.807, 2.05) is 0 Å². The van der Waals surface area contributed by atoms with Gasteiger partial charge in [0, 0.05) is 26.6 Å². The molecule has 0 bridgehead atoms. The van der Waals surface area contributed by atoms with Crippen molar-refractivity contribution in [3.8, 4) is 0 Å². The van der Waals surface area contributed by atoms with Gasteiger partial charge in [0.2, 0.25) is 0 Å². The summed E-state index contributed by atoms with van der Waals surface area (Å²) in [6.45, 7) is 5.80. The maximum absolute atomic E-state index is 11.2. The molecule has 1 fully saturated rings. The van der Waals surface area contributed by atoms with Crippen molar-refractivity contribution < 1.29 is 14.6 Å². The Balaban J connectivity index is 1.95. The van der Waals surface area contributed by atoms with E-state index in [-0.39, 0.29) is 6.61 Å². The van der Waals surface area contributed by atoms with E-state index >= 15 is 0 Å². The summed E-state index contributed by atoms with van der Waals surface area (Å²) >= 11 is 1.28. The zero-order valence-electron chi connectivity index (χ0n) is 12.1. The highest BCUT2D eigenvalue weighted by molar-refractivity contribution is 7.13. The molecular formula is C14H22N2O3S. The Morgan fingerprint density at radius 2 is 2.40 bits per heavy atom. The third-order valence-corrected chi connectivity index (χ3v) is 4.75. The number of methoxy groups -OCH3 is 1. The van der Waals surface area contributed by atoms with Crippen LogP contribution in [0.3, 0.4) is 0 Å². The molecular weight excluding hydrogens is 276 g/mol. The van der Waals surface area contributed by atoms with Crippen LogP contribution in [0.1, 0.15) is 40.1 Å². The number of hydrogen-bond donors (Lipinski definition) is 1. The number of thiazole rings is 1. The van der Waals surface area contributed by atoms with Gasteiger partial charge in [-0.05, 0) is 25.3 Å². The third kappa shape index (κ3) is 4.01. The Hall–Kier alpha value is -0.980. The summed E-state index contributed by atoms with van der Waals surface area (Å²) in [4.78, 5) is 18.3. The van der Waals surface area contributed by atoms with E-state index in [4.69, 9.17) is 9.84 Å². The molecule has 1 N–H and O–H groups in total. The first kappa shape index (κ1) is 15.4. The smallest absolute Gasteiger partial charge is 0.347 e. The van der Waals surface area contributed by atoms with Crippen LogP contribution in [-0.2, 0) is 17.8 Å². The van der Waals surface area contributed by atoms with Crippen LogP contribution < -0.4 is 0 Å². The lowest BCUT2D eigenvalue weighted by Crippen LogP contribution is -2.35. The fraction of sp³-hybridized carbons (Fsp3) is 0.714. The zero-order valence-corrected chi connectivity index (χ0v) is 12.9. The lowest BCUT2D eigenvalue weighted by Gasteiger charge is -2.30. The molecule has 2 heterocycles. The molecule has 1 unspecified atom stereocenters. The quantitative estimate of drug-likeness (QED) is 0.873. The normalized spacial score (nSPS) is 20.2. The molecule has 2 rings (SSSR count). The second-order valence-corrected chi connectivity index (χ2v) is 6.50. The van der Waals surface area contributed by atoms with E-state index in [1.165, 1.54) is 24.2 Å². The lowest BCUT2D eigenvalue weighted by molar-refractivity contribution is 0.0697. The molecule has 0 saturated carbocycles. The summed E-state index contributed by atoms with van der Waals surface area (Å²) < 4.78 is 5.01. The van der Waals surface area contributed by atoms with E-state index < -0.39 is 5.97 Å². The highest BCUT2D eigenvalue weighted by Crippen LogP contribution is 2.21. The summed E-state index contributed by atoms with van der Waals surface area (Å²) in [6.07, 6.45) is 3.39. The van der Waals surface area contributed by atoms with Crippen LogP contribution in [0.2, 0.25) is 0 Å². The van der Waals surface area contributed by atoms with Gasteiger partial charge in [0.15, 0.2) is 0 Å². The van der Waals surface area contributed by atoms with Crippen molar-refractivity contribution in [3.63, 3.8) is 0 Å². The second-order valence-electron chi connectivity index (χ2n) is 5.42. The van der Waals surface area contributed by atoms with Gasteiger partial charge in [-0.2, -0.15) is 0 Å². The van der Waals surface area contributed by atoms with Gasteiger partial charge in [0.05, 0.1) is 17.3 Å². The fourth-order valence-electron chi connectivity index (χ4n) is 2.65. The van der Waals surface area contributed by atoms with E-state index in [9.17, 15) is 4.79 Å². The number of carbonyl (C=O) groups is 1. The van der Waals surface area contributed by atoms with Crippen LogP contribution >= 0.6 is 11.3 Å². The van der Waals surface area contributed by atoms with Crippen molar-refractivity contribution in [2.45, 2.75) is 32.8 Å². The summed E-state index contributed by atoms with van der Waals surface area (Å²) in [5.41, 5.74) is 0.548. The number of rotatable bonds is 6.